The Morgan fingerprint density at radius 1 is 0.632 bits per heavy atom. The second kappa shape index (κ2) is 11.0. The molecule has 2 N–H and O–H groups in total. The topological polar surface area (TPSA) is 67.4 Å². The van der Waals surface area contributed by atoms with Crippen LogP contribution in [-0.2, 0) is 21.0 Å². The van der Waals surface area contributed by atoms with Crippen molar-refractivity contribution in [3.05, 3.63) is 89.0 Å². The van der Waals surface area contributed by atoms with E-state index in [9.17, 15) is 9.59 Å². The SMILES string of the molecule is CC(C)(C)c1ccc(C(=O)Nc2ccc(NC(=O)COc3ccc(C(C)(C)C)cc3C(C)(C)C)cc2)cc1. The number of hydrogen-bond acceptors (Lipinski definition) is 3. The van der Waals surface area contributed by atoms with Crippen LogP contribution < -0.4 is 15.4 Å². The molecular weight excluding hydrogens is 472 g/mol. The van der Waals surface area contributed by atoms with Gasteiger partial charge in [0.15, 0.2) is 6.61 Å². The Morgan fingerprint density at radius 2 is 1.13 bits per heavy atom. The largest absolute Gasteiger partial charge is 0.483 e. The van der Waals surface area contributed by atoms with Gasteiger partial charge in [0, 0.05) is 16.9 Å². The van der Waals surface area contributed by atoms with Gasteiger partial charge < -0.3 is 15.4 Å². The fourth-order valence-electron chi connectivity index (χ4n) is 4.01. The first-order valence-electron chi connectivity index (χ1n) is 13.1. The summed E-state index contributed by atoms with van der Waals surface area (Å²) in [4.78, 5) is 25.2. The number of ether oxygens (including phenoxy) is 1. The summed E-state index contributed by atoms with van der Waals surface area (Å²) in [6.45, 7) is 19.3. The number of amides is 2. The zero-order chi connectivity index (χ0) is 28.3. The minimum absolute atomic E-state index is 0.0262. The monoisotopic (exact) mass is 514 g/mol. The second-order valence-corrected chi connectivity index (χ2v) is 12.9. The van der Waals surface area contributed by atoms with Crippen molar-refractivity contribution in [2.24, 2.45) is 0 Å². The molecule has 0 spiro atoms. The van der Waals surface area contributed by atoms with E-state index in [-0.39, 0.29) is 34.7 Å². The van der Waals surface area contributed by atoms with Crippen LogP contribution in [0.25, 0.3) is 0 Å². The standard InChI is InChI=1S/C33H42N2O3/c1-31(2,3)23-12-10-22(11-13-23)30(37)35-26-17-15-25(16-18-26)34-29(36)21-38-28-19-14-24(32(4,5)6)20-27(28)33(7,8)9/h10-20H,21H2,1-9H3,(H,34,36)(H,35,37). The highest BCUT2D eigenvalue weighted by atomic mass is 16.5. The van der Waals surface area contributed by atoms with E-state index in [0.717, 1.165) is 5.56 Å². The number of benzene rings is 3. The van der Waals surface area contributed by atoms with Gasteiger partial charge in [-0.3, -0.25) is 9.59 Å². The Labute approximate surface area is 228 Å². The van der Waals surface area contributed by atoms with Crippen molar-refractivity contribution in [3.8, 4) is 5.75 Å². The Morgan fingerprint density at radius 3 is 1.63 bits per heavy atom. The average molecular weight is 515 g/mol. The van der Waals surface area contributed by atoms with Gasteiger partial charge in [0.2, 0.25) is 0 Å². The van der Waals surface area contributed by atoms with Crippen LogP contribution >= 0.6 is 0 Å². The highest BCUT2D eigenvalue weighted by molar-refractivity contribution is 6.04. The first-order valence-corrected chi connectivity index (χ1v) is 13.1. The van der Waals surface area contributed by atoms with Crippen LogP contribution in [0.5, 0.6) is 5.75 Å². The maximum atomic E-state index is 12.6. The van der Waals surface area contributed by atoms with Crippen molar-refractivity contribution >= 4 is 23.2 Å². The molecule has 0 atom stereocenters. The van der Waals surface area contributed by atoms with E-state index >= 15 is 0 Å². The minimum Gasteiger partial charge on any atom is -0.483 e. The Hall–Kier alpha value is -3.60. The normalized spacial score (nSPS) is 12.1. The summed E-state index contributed by atoms with van der Waals surface area (Å²) in [5.74, 6) is 0.289. The van der Waals surface area contributed by atoms with E-state index in [1.807, 2.05) is 30.3 Å². The minimum atomic E-state index is -0.250. The zero-order valence-corrected chi connectivity index (χ0v) is 24.3. The Bertz CT molecular complexity index is 1270. The van der Waals surface area contributed by atoms with Crippen molar-refractivity contribution in [2.75, 3.05) is 17.2 Å². The van der Waals surface area contributed by atoms with Crippen molar-refractivity contribution in [1.29, 1.82) is 0 Å². The maximum absolute atomic E-state index is 12.6. The molecule has 3 aromatic carbocycles. The van der Waals surface area contributed by atoms with Crippen LogP contribution in [0.3, 0.4) is 0 Å². The van der Waals surface area contributed by atoms with Crippen LogP contribution in [0.15, 0.2) is 66.7 Å². The average Bonchev–Trinajstić information content (AvgIpc) is 2.82. The summed E-state index contributed by atoms with van der Waals surface area (Å²) in [7, 11) is 0. The summed E-state index contributed by atoms with van der Waals surface area (Å²) in [6, 6.07) is 20.9. The molecular formula is C33H42N2O3. The molecule has 0 aliphatic rings. The summed E-state index contributed by atoms with van der Waals surface area (Å²) >= 11 is 0. The first kappa shape index (κ1) is 29.0. The first-order chi connectivity index (χ1) is 17.5. The lowest BCUT2D eigenvalue weighted by molar-refractivity contribution is -0.118. The van der Waals surface area contributed by atoms with E-state index in [1.165, 1.54) is 11.1 Å². The van der Waals surface area contributed by atoms with Gasteiger partial charge in [0.25, 0.3) is 11.8 Å². The molecule has 0 bridgehead atoms. The molecule has 0 aliphatic heterocycles. The number of rotatable bonds is 6. The van der Waals surface area contributed by atoms with Crippen molar-refractivity contribution in [1.82, 2.24) is 0 Å². The van der Waals surface area contributed by atoms with Gasteiger partial charge in [-0.25, -0.2) is 0 Å². The van der Waals surface area contributed by atoms with Gasteiger partial charge in [0.1, 0.15) is 5.75 Å². The molecule has 5 heteroatoms. The van der Waals surface area contributed by atoms with Crippen molar-refractivity contribution in [2.45, 2.75) is 78.6 Å². The lowest BCUT2D eigenvalue weighted by Crippen LogP contribution is -2.22. The number of anilines is 2. The third-order valence-electron chi connectivity index (χ3n) is 6.45. The van der Waals surface area contributed by atoms with E-state index in [2.05, 4.69) is 85.1 Å². The molecule has 5 nitrogen and oxygen atoms in total. The van der Waals surface area contributed by atoms with Gasteiger partial charge in [-0.05, 0) is 75.4 Å². The molecule has 3 rings (SSSR count). The van der Waals surface area contributed by atoms with Crippen molar-refractivity contribution < 1.29 is 14.3 Å². The zero-order valence-electron chi connectivity index (χ0n) is 24.3. The number of carbonyl (C=O) groups excluding carboxylic acids is 2. The molecule has 0 aliphatic carbocycles. The highest BCUT2D eigenvalue weighted by Crippen LogP contribution is 2.35. The molecule has 0 aromatic heterocycles. The van der Waals surface area contributed by atoms with Gasteiger partial charge >= 0.3 is 0 Å². The number of nitrogens with one attached hydrogen (secondary N) is 2. The highest BCUT2D eigenvalue weighted by Gasteiger charge is 2.23. The van der Waals surface area contributed by atoms with Crippen LogP contribution in [0.4, 0.5) is 11.4 Å². The molecule has 2 amide bonds. The van der Waals surface area contributed by atoms with Gasteiger partial charge in [-0.15, -0.1) is 0 Å². The fraction of sp³-hybridized carbons (Fsp3) is 0.394. The predicted molar refractivity (Wildman–Crippen MR) is 158 cm³/mol. The summed E-state index contributed by atoms with van der Waals surface area (Å²) in [6.07, 6.45) is 0. The third kappa shape index (κ3) is 7.70. The fourth-order valence-corrected chi connectivity index (χ4v) is 4.01. The van der Waals surface area contributed by atoms with Gasteiger partial charge in [-0.1, -0.05) is 86.6 Å². The van der Waals surface area contributed by atoms with Crippen molar-refractivity contribution in [3.63, 3.8) is 0 Å². The smallest absolute Gasteiger partial charge is 0.262 e. The molecule has 3 aromatic rings. The van der Waals surface area contributed by atoms with Crippen LogP contribution in [-0.4, -0.2) is 18.4 Å². The third-order valence-corrected chi connectivity index (χ3v) is 6.45. The Kier molecular flexibility index (Phi) is 8.40. The van der Waals surface area contributed by atoms with Gasteiger partial charge in [0.05, 0.1) is 0 Å². The molecule has 0 radical (unpaired) electrons. The quantitative estimate of drug-likeness (QED) is 0.352. The van der Waals surface area contributed by atoms with E-state index in [4.69, 9.17) is 4.74 Å². The summed E-state index contributed by atoms with van der Waals surface area (Å²) < 4.78 is 5.95. The molecule has 0 saturated carbocycles. The van der Waals surface area contributed by atoms with Crippen LogP contribution in [0, 0.1) is 0 Å². The van der Waals surface area contributed by atoms with E-state index < -0.39 is 0 Å². The predicted octanol–water partition coefficient (Wildman–Crippen LogP) is 7.85. The van der Waals surface area contributed by atoms with Gasteiger partial charge in [-0.2, -0.15) is 0 Å². The molecule has 0 saturated heterocycles. The molecule has 38 heavy (non-hydrogen) atoms. The molecule has 0 fully saturated rings. The molecule has 0 heterocycles. The molecule has 0 unspecified atom stereocenters. The summed E-state index contributed by atoms with van der Waals surface area (Å²) in [5.41, 5.74) is 5.29. The lowest BCUT2D eigenvalue weighted by atomic mass is 9.80. The van der Waals surface area contributed by atoms with E-state index in [0.29, 0.717) is 22.7 Å². The Balaban J connectivity index is 1.59. The number of carbonyl (C=O) groups is 2. The lowest BCUT2D eigenvalue weighted by Gasteiger charge is -2.27. The van der Waals surface area contributed by atoms with Crippen LogP contribution in [0.2, 0.25) is 0 Å². The van der Waals surface area contributed by atoms with E-state index in [1.54, 1.807) is 24.3 Å². The number of hydrogen-bond donors (Lipinski definition) is 2. The molecule has 202 valence electrons. The maximum Gasteiger partial charge on any atom is 0.262 e. The summed E-state index contributed by atoms with van der Waals surface area (Å²) in [5, 5.41) is 5.76. The van der Waals surface area contributed by atoms with Crippen LogP contribution in [0.1, 0.15) is 89.4 Å². The second-order valence-electron chi connectivity index (χ2n) is 12.9.